The van der Waals surface area contributed by atoms with Gasteiger partial charge in [-0.2, -0.15) is 0 Å². The number of quaternary nitrogens is 1. The van der Waals surface area contributed by atoms with Crippen molar-refractivity contribution in [2.75, 3.05) is 26.2 Å². The van der Waals surface area contributed by atoms with Gasteiger partial charge in [-0.15, -0.1) is 0 Å². The highest BCUT2D eigenvalue weighted by Gasteiger charge is 2.25. The van der Waals surface area contributed by atoms with Crippen LogP contribution in [0.2, 0.25) is 5.02 Å². The molecule has 0 atom stereocenters. The largest absolute Gasteiger partial charge is 0.356 e. The van der Waals surface area contributed by atoms with Crippen molar-refractivity contribution in [1.29, 1.82) is 0 Å². The summed E-state index contributed by atoms with van der Waals surface area (Å²) in [5.41, 5.74) is 2.25. The van der Waals surface area contributed by atoms with E-state index in [1.807, 2.05) is 23.1 Å². The maximum Gasteiger partial charge on any atom is 0.270 e. The van der Waals surface area contributed by atoms with Crippen molar-refractivity contribution in [2.24, 2.45) is 0 Å². The number of hydrogen-bond donors (Lipinski definition) is 2. The van der Waals surface area contributed by atoms with E-state index in [1.54, 1.807) is 12.3 Å². The van der Waals surface area contributed by atoms with Gasteiger partial charge in [-0.3, -0.25) is 9.59 Å². The van der Waals surface area contributed by atoms with Crippen molar-refractivity contribution in [3.8, 4) is 0 Å². The van der Waals surface area contributed by atoms with Gasteiger partial charge in [0.05, 0.1) is 26.2 Å². The van der Waals surface area contributed by atoms with E-state index in [1.165, 1.54) is 17.4 Å². The highest BCUT2D eigenvalue weighted by molar-refractivity contribution is 6.30. The first-order chi connectivity index (χ1) is 11.5. The Labute approximate surface area is 146 Å². The Morgan fingerprint density at radius 3 is 2.62 bits per heavy atom. The predicted molar refractivity (Wildman–Crippen MR) is 92.6 cm³/mol. The number of amides is 1. The zero-order valence-electron chi connectivity index (χ0n) is 13.6. The summed E-state index contributed by atoms with van der Waals surface area (Å²) in [4.78, 5) is 30.0. The molecule has 1 aliphatic rings. The van der Waals surface area contributed by atoms with Crippen molar-refractivity contribution in [2.45, 2.75) is 13.5 Å². The molecule has 1 aromatic heterocycles. The third kappa shape index (κ3) is 3.86. The van der Waals surface area contributed by atoms with Crippen molar-refractivity contribution < 1.29 is 14.5 Å². The lowest BCUT2D eigenvalue weighted by molar-refractivity contribution is -0.917. The summed E-state index contributed by atoms with van der Waals surface area (Å²) in [6.45, 7) is 5.64. The average Bonchev–Trinajstić information content (AvgIpc) is 3.05. The van der Waals surface area contributed by atoms with Gasteiger partial charge in [0.15, 0.2) is 5.78 Å². The molecule has 1 aliphatic heterocycles. The molecule has 0 unspecified atom stereocenters. The van der Waals surface area contributed by atoms with Crippen LogP contribution in [0.4, 0.5) is 0 Å². The summed E-state index contributed by atoms with van der Waals surface area (Å²) >= 11 is 6.03. The number of nitrogens with one attached hydrogen (secondary N) is 2. The molecule has 5 nitrogen and oxygen atoms in total. The minimum Gasteiger partial charge on any atom is -0.356 e. The Balaban J connectivity index is 1.56. The zero-order chi connectivity index (χ0) is 17.1. The molecule has 3 rings (SSSR count). The molecule has 0 radical (unpaired) electrons. The monoisotopic (exact) mass is 346 g/mol. The number of nitrogens with zero attached hydrogens (tertiary/aromatic N) is 1. The molecule has 0 saturated carbocycles. The fourth-order valence-corrected chi connectivity index (χ4v) is 3.24. The van der Waals surface area contributed by atoms with E-state index in [0.29, 0.717) is 24.3 Å². The van der Waals surface area contributed by atoms with E-state index < -0.39 is 0 Å². The standard InChI is InChI=1S/C18H20ClN3O2/c1-13(23)15-10-17(20-11-15)18(24)22-7-5-21(6-8-22)12-14-3-2-4-16(19)9-14/h2-4,9-11,20H,5-8,12H2,1H3/p+1. The van der Waals surface area contributed by atoms with Crippen molar-refractivity contribution in [3.05, 3.63) is 58.4 Å². The molecule has 6 heteroatoms. The van der Waals surface area contributed by atoms with Crippen LogP contribution in [-0.4, -0.2) is 47.8 Å². The number of benzene rings is 1. The van der Waals surface area contributed by atoms with Gasteiger partial charge in [0.25, 0.3) is 5.91 Å². The topological polar surface area (TPSA) is 57.6 Å². The lowest BCUT2D eigenvalue weighted by Gasteiger charge is -2.32. The number of aromatic nitrogens is 1. The van der Waals surface area contributed by atoms with Crippen LogP contribution in [0.3, 0.4) is 0 Å². The molecule has 2 heterocycles. The van der Waals surface area contributed by atoms with E-state index in [4.69, 9.17) is 11.6 Å². The molecule has 0 spiro atoms. The predicted octanol–water partition coefficient (Wildman–Crippen LogP) is 1.41. The Morgan fingerprint density at radius 1 is 1.25 bits per heavy atom. The van der Waals surface area contributed by atoms with Crippen molar-refractivity contribution >= 4 is 23.3 Å². The lowest BCUT2D eigenvalue weighted by atomic mass is 10.2. The molecule has 2 aromatic rings. The van der Waals surface area contributed by atoms with Gasteiger partial charge in [-0.25, -0.2) is 0 Å². The van der Waals surface area contributed by atoms with Gasteiger partial charge in [-0.1, -0.05) is 23.7 Å². The molecule has 24 heavy (non-hydrogen) atoms. The number of carbonyl (C=O) groups excluding carboxylic acids is 2. The molecule has 1 aromatic carbocycles. The van der Waals surface area contributed by atoms with E-state index in [-0.39, 0.29) is 11.7 Å². The summed E-state index contributed by atoms with van der Waals surface area (Å²) in [5.74, 6) is -0.0783. The molecule has 0 aliphatic carbocycles. The van der Waals surface area contributed by atoms with Gasteiger partial charge in [0.1, 0.15) is 12.2 Å². The summed E-state index contributed by atoms with van der Waals surface area (Å²) in [5, 5.41) is 0.758. The third-order valence-electron chi connectivity index (χ3n) is 4.42. The quantitative estimate of drug-likeness (QED) is 0.822. The van der Waals surface area contributed by atoms with Crippen LogP contribution in [0.15, 0.2) is 36.5 Å². The average molecular weight is 347 g/mol. The molecule has 1 fully saturated rings. The maximum absolute atomic E-state index is 12.5. The van der Waals surface area contributed by atoms with Gasteiger partial charge >= 0.3 is 0 Å². The Bertz CT molecular complexity index is 748. The number of H-pyrrole nitrogens is 1. The molecular weight excluding hydrogens is 326 g/mol. The van der Waals surface area contributed by atoms with E-state index in [2.05, 4.69) is 11.1 Å². The third-order valence-corrected chi connectivity index (χ3v) is 4.66. The lowest BCUT2D eigenvalue weighted by Crippen LogP contribution is -3.13. The first kappa shape index (κ1) is 16.7. The van der Waals surface area contributed by atoms with Gasteiger partial charge in [0, 0.05) is 22.3 Å². The van der Waals surface area contributed by atoms with Gasteiger partial charge in [0.2, 0.25) is 0 Å². The Hall–Kier alpha value is -2.11. The zero-order valence-corrected chi connectivity index (χ0v) is 14.4. The van der Waals surface area contributed by atoms with Crippen LogP contribution in [-0.2, 0) is 6.54 Å². The maximum atomic E-state index is 12.5. The van der Waals surface area contributed by atoms with Gasteiger partial charge in [-0.05, 0) is 25.1 Å². The normalized spacial score (nSPS) is 15.5. The summed E-state index contributed by atoms with van der Waals surface area (Å²) in [6.07, 6.45) is 1.59. The van der Waals surface area contributed by atoms with Crippen LogP contribution in [0.1, 0.15) is 33.3 Å². The molecule has 126 valence electrons. The number of carbonyl (C=O) groups is 2. The fraction of sp³-hybridized carbons (Fsp3) is 0.333. The SMILES string of the molecule is CC(=O)c1c[nH]c(C(=O)N2CC[NH+](Cc3cccc(Cl)c3)CC2)c1. The Morgan fingerprint density at radius 2 is 2.00 bits per heavy atom. The van der Waals surface area contributed by atoms with E-state index >= 15 is 0 Å². The summed E-state index contributed by atoms with van der Waals surface area (Å²) < 4.78 is 0. The first-order valence-electron chi connectivity index (χ1n) is 8.09. The number of piperazine rings is 1. The van der Waals surface area contributed by atoms with Crippen LogP contribution in [0, 0.1) is 0 Å². The molecule has 0 bridgehead atoms. The second kappa shape index (κ2) is 7.20. The van der Waals surface area contributed by atoms with Crippen molar-refractivity contribution in [1.82, 2.24) is 9.88 Å². The Kier molecular flexibility index (Phi) is 5.02. The number of Topliss-reactive ketones (excluding diaryl/α,β-unsaturated/α-hetero) is 1. The van der Waals surface area contributed by atoms with Crippen LogP contribution >= 0.6 is 11.6 Å². The second-order valence-corrected chi connectivity index (χ2v) is 6.64. The molecule has 2 N–H and O–H groups in total. The fourth-order valence-electron chi connectivity index (χ4n) is 3.03. The van der Waals surface area contributed by atoms with E-state index in [9.17, 15) is 9.59 Å². The second-order valence-electron chi connectivity index (χ2n) is 6.21. The van der Waals surface area contributed by atoms with Gasteiger partial charge < -0.3 is 14.8 Å². The van der Waals surface area contributed by atoms with E-state index in [0.717, 1.165) is 24.7 Å². The minimum absolute atomic E-state index is 0.0377. The smallest absolute Gasteiger partial charge is 0.270 e. The highest BCUT2D eigenvalue weighted by Crippen LogP contribution is 2.10. The first-order valence-corrected chi connectivity index (χ1v) is 8.47. The number of hydrogen-bond acceptors (Lipinski definition) is 2. The number of halogens is 1. The summed E-state index contributed by atoms with van der Waals surface area (Å²) in [7, 11) is 0. The molecule has 1 saturated heterocycles. The van der Waals surface area contributed by atoms with Crippen LogP contribution < -0.4 is 4.90 Å². The molecular formula is C18H21ClN3O2+. The number of rotatable bonds is 4. The molecule has 1 amide bonds. The summed E-state index contributed by atoms with van der Waals surface area (Å²) in [6, 6.07) is 9.56. The number of aromatic amines is 1. The highest BCUT2D eigenvalue weighted by atomic mass is 35.5. The van der Waals surface area contributed by atoms with Crippen LogP contribution in [0.25, 0.3) is 0 Å². The van der Waals surface area contributed by atoms with Crippen molar-refractivity contribution in [3.63, 3.8) is 0 Å². The minimum atomic E-state index is -0.0407. The van der Waals surface area contributed by atoms with Crippen LogP contribution in [0.5, 0.6) is 0 Å². The number of ketones is 1.